The van der Waals surface area contributed by atoms with Gasteiger partial charge in [0.1, 0.15) is 12.4 Å². The molecule has 30 heavy (non-hydrogen) atoms. The molecule has 0 unspecified atom stereocenters. The molecule has 0 saturated heterocycles. The summed E-state index contributed by atoms with van der Waals surface area (Å²) in [7, 11) is 0. The van der Waals surface area contributed by atoms with E-state index >= 15 is 0 Å². The van der Waals surface area contributed by atoms with Crippen LogP contribution in [0.5, 0.6) is 5.75 Å². The van der Waals surface area contributed by atoms with E-state index in [-0.39, 0.29) is 5.69 Å². The standard InChI is InChI=1S/C22H13Br2ClN2O3/c23-18-10-16(9-17(12-26)15-4-6-20(7-5-15)27(28)29)22(21(24)11-18)30-13-14-2-1-3-19(25)8-14/h1-11H,13H2/b17-9+. The van der Waals surface area contributed by atoms with E-state index in [4.69, 9.17) is 16.3 Å². The lowest BCUT2D eigenvalue weighted by Crippen LogP contribution is -1.98. The Labute approximate surface area is 195 Å². The Morgan fingerprint density at radius 3 is 2.53 bits per heavy atom. The normalized spacial score (nSPS) is 11.1. The van der Waals surface area contributed by atoms with Crippen molar-refractivity contribution in [1.82, 2.24) is 0 Å². The molecule has 0 aliphatic carbocycles. The quantitative estimate of drug-likeness (QED) is 0.139. The molecular weight excluding hydrogens is 536 g/mol. The van der Waals surface area contributed by atoms with Crippen molar-refractivity contribution in [3.05, 3.63) is 101 Å². The number of hydrogen-bond acceptors (Lipinski definition) is 4. The molecule has 0 N–H and O–H groups in total. The van der Waals surface area contributed by atoms with Crippen LogP contribution in [0.3, 0.4) is 0 Å². The van der Waals surface area contributed by atoms with Crippen molar-refractivity contribution in [2.24, 2.45) is 0 Å². The van der Waals surface area contributed by atoms with E-state index in [0.29, 0.717) is 38.6 Å². The second-order valence-corrected chi connectivity index (χ2v) is 8.40. The molecule has 150 valence electrons. The number of nitro benzene ring substituents is 1. The summed E-state index contributed by atoms with van der Waals surface area (Å²) in [5, 5.41) is 21.1. The number of ether oxygens (including phenoxy) is 1. The molecule has 5 nitrogen and oxygen atoms in total. The van der Waals surface area contributed by atoms with Crippen LogP contribution >= 0.6 is 43.5 Å². The number of halogens is 3. The van der Waals surface area contributed by atoms with Crippen molar-refractivity contribution in [2.75, 3.05) is 0 Å². The monoisotopic (exact) mass is 546 g/mol. The Hall–Kier alpha value is -2.66. The van der Waals surface area contributed by atoms with Crippen molar-refractivity contribution in [1.29, 1.82) is 5.26 Å². The average molecular weight is 549 g/mol. The Balaban J connectivity index is 1.97. The molecule has 0 fully saturated rings. The Bertz CT molecular complexity index is 1170. The van der Waals surface area contributed by atoms with E-state index in [1.807, 2.05) is 30.3 Å². The van der Waals surface area contributed by atoms with Gasteiger partial charge in [-0.25, -0.2) is 0 Å². The molecular formula is C22H13Br2ClN2O3. The minimum Gasteiger partial charge on any atom is -0.487 e. The van der Waals surface area contributed by atoms with E-state index in [9.17, 15) is 15.4 Å². The average Bonchev–Trinajstić information content (AvgIpc) is 2.71. The largest absolute Gasteiger partial charge is 0.487 e. The summed E-state index contributed by atoms with van der Waals surface area (Å²) in [6.07, 6.45) is 1.68. The molecule has 0 spiro atoms. The van der Waals surface area contributed by atoms with Crippen LogP contribution in [0.1, 0.15) is 16.7 Å². The zero-order chi connectivity index (χ0) is 21.7. The zero-order valence-electron chi connectivity index (χ0n) is 15.3. The van der Waals surface area contributed by atoms with Gasteiger partial charge in [0.2, 0.25) is 0 Å². The number of rotatable bonds is 6. The number of hydrogen-bond donors (Lipinski definition) is 0. The van der Waals surface area contributed by atoms with Gasteiger partial charge in [-0.1, -0.05) is 39.7 Å². The number of non-ortho nitro benzene ring substituents is 1. The number of allylic oxidation sites excluding steroid dienone is 1. The number of benzene rings is 3. The maximum Gasteiger partial charge on any atom is 0.269 e. The first kappa shape index (κ1) is 22.0. The first-order valence-corrected chi connectivity index (χ1v) is 10.6. The van der Waals surface area contributed by atoms with Crippen LogP contribution < -0.4 is 4.74 Å². The third kappa shape index (κ3) is 5.48. The molecule has 0 aliphatic rings. The SMILES string of the molecule is N#C/C(=C\c1cc(Br)cc(Br)c1OCc1cccc(Cl)c1)c1ccc([N+](=O)[O-])cc1. The fourth-order valence-corrected chi connectivity index (χ4v) is 4.31. The summed E-state index contributed by atoms with van der Waals surface area (Å²) in [5.74, 6) is 0.563. The van der Waals surface area contributed by atoms with E-state index in [2.05, 4.69) is 37.9 Å². The van der Waals surface area contributed by atoms with Gasteiger partial charge in [0, 0.05) is 27.2 Å². The molecule has 0 atom stereocenters. The minimum atomic E-state index is -0.479. The van der Waals surface area contributed by atoms with Gasteiger partial charge in [-0.2, -0.15) is 5.26 Å². The number of nitrogens with zero attached hydrogens (tertiary/aromatic N) is 2. The highest BCUT2D eigenvalue weighted by molar-refractivity contribution is 9.11. The van der Waals surface area contributed by atoms with Crippen molar-refractivity contribution in [3.8, 4) is 11.8 Å². The lowest BCUT2D eigenvalue weighted by atomic mass is 10.0. The smallest absolute Gasteiger partial charge is 0.269 e. The van der Waals surface area contributed by atoms with Gasteiger partial charge >= 0.3 is 0 Å². The molecule has 0 saturated carbocycles. The summed E-state index contributed by atoms with van der Waals surface area (Å²) in [5.41, 5.74) is 2.46. The molecule has 0 radical (unpaired) electrons. The third-order valence-corrected chi connectivity index (χ3v) is 5.40. The second-order valence-electron chi connectivity index (χ2n) is 6.20. The fraction of sp³-hybridized carbons (Fsp3) is 0.0455. The Kier molecular flexibility index (Phi) is 7.27. The van der Waals surface area contributed by atoms with Gasteiger partial charge in [-0.3, -0.25) is 10.1 Å². The highest BCUT2D eigenvalue weighted by atomic mass is 79.9. The summed E-state index contributed by atoms with van der Waals surface area (Å²) in [4.78, 5) is 10.4. The fourth-order valence-electron chi connectivity index (χ4n) is 2.72. The van der Waals surface area contributed by atoms with Crippen LogP contribution in [0.2, 0.25) is 5.02 Å². The predicted molar refractivity (Wildman–Crippen MR) is 124 cm³/mol. The molecule has 0 bridgehead atoms. The summed E-state index contributed by atoms with van der Waals surface area (Å²) >= 11 is 13.0. The summed E-state index contributed by atoms with van der Waals surface area (Å²) in [6.45, 7) is 0.293. The maximum absolute atomic E-state index is 10.9. The minimum absolute atomic E-state index is 0.0354. The van der Waals surface area contributed by atoms with Crippen LogP contribution in [0, 0.1) is 21.4 Å². The summed E-state index contributed by atoms with van der Waals surface area (Å²) < 4.78 is 7.54. The van der Waals surface area contributed by atoms with Gasteiger partial charge in [-0.15, -0.1) is 0 Å². The van der Waals surface area contributed by atoms with Gasteiger partial charge in [0.15, 0.2) is 0 Å². The van der Waals surface area contributed by atoms with E-state index in [0.717, 1.165) is 10.0 Å². The number of nitro groups is 1. The third-order valence-electron chi connectivity index (χ3n) is 4.12. The van der Waals surface area contributed by atoms with Crippen LogP contribution in [0.4, 0.5) is 5.69 Å². The highest BCUT2D eigenvalue weighted by Crippen LogP contribution is 2.36. The Morgan fingerprint density at radius 2 is 1.90 bits per heavy atom. The molecule has 0 aliphatic heterocycles. The van der Waals surface area contributed by atoms with E-state index in [1.54, 1.807) is 24.3 Å². The van der Waals surface area contributed by atoms with Gasteiger partial charge in [-0.05, 0) is 69.5 Å². The van der Waals surface area contributed by atoms with Crippen LogP contribution in [0.25, 0.3) is 11.6 Å². The predicted octanol–water partition coefficient (Wildman–Crippen LogP) is 7.42. The molecule has 3 aromatic carbocycles. The lowest BCUT2D eigenvalue weighted by Gasteiger charge is -2.13. The van der Waals surface area contributed by atoms with Gasteiger partial charge < -0.3 is 4.74 Å². The zero-order valence-corrected chi connectivity index (χ0v) is 19.2. The first-order chi connectivity index (χ1) is 14.4. The molecule has 3 rings (SSSR count). The maximum atomic E-state index is 10.9. The van der Waals surface area contributed by atoms with E-state index in [1.165, 1.54) is 12.1 Å². The lowest BCUT2D eigenvalue weighted by molar-refractivity contribution is -0.384. The highest BCUT2D eigenvalue weighted by Gasteiger charge is 2.12. The van der Waals surface area contributed by atoms with Crippen LogP contribution in [0.15, 0.2) is 69.6 Å². The topological polar surface area (TPSA) is 76.2 Å². The second kappa shape index (κ2) is 9.90. The molecule has 0 amide bonds. The van der Waals surface area contributed by atoms with Crippen LogP contribution in [-0.2, 0) is 6.61 Å². The van der Waals surface area contributed by atoms with E-state index < -0.39 is 4.92 Å². The first-order valence-electron chi connectivity index (χ1n) is 8.60. The van der Waals surface area contributed by atoms with Crippen molar-refractivity contribution in [3.63, 3.8) is 0 Å². The van der Waals surface area contributed by atoms with Gasteiger partial charge in [0.25, 0.3) is 5.69 Å². The molecule has 3 aromatic rings. The summed E-state index contributed by atoms with van der Waals surface area (Å²) in [6, 6.07) is 19.0. The van der Waals surface area contributed by atoms with Crippen molar-refractivity contribution in [2.45, 2.75) is 6.61 Å². The molecule has 8 heteroatoms. The van der Waals surface area contributed by atoms with Crippen molar-refractivity contribution >= 4 is 60.8 Å². The Morgan fingerprint density at radius 1 is 1.17 bits per heavy atom. The van der Waals surface area contributed by atoms with Gasteiger partial charge in [0.05, 0.1) is 21.0 Å². The molecule has 0 aromatic heterocycles. The van der Waals surface area contributed by atoms with Crippen LogP contribution in [-0.4, -0.2) is 4.92 Å². The number of nitriles is 1. The van der Waals surface area contributed by atoms with Crippen molar-refractivity contribution < 1.29 is 9.66 Å². The molecule has 0 heterocycles.